The average Bonchev–Trinajstić information content (AvgIpc) is 2.43. The first-order valence-corrected chi connectivity index (χ1v) is 8.10. The van der Waals surface area contributed by atoms with Gasteiger partial charge < -0.3 is 4.74 Å². The molecule has 2 saturated carbocycles. The molecule has 0 aromatic heterocycles. The average molecular weight is 327 g/mol. The lowest BCUT2D eigenvalue weighted by atomic mass is 9.58. The van der Waals surface area contributed by atoms with E-state index in [0.717, 1.165) is 12.0 Å². The van der Waals surface area contributed by atoms with Crippen LogP contribution in [-0.2, 0) is 0 Å². The summed E-state index contributed by atoms with van der Waals surface area (Å²) in [5.74, 6) is 0.184. The Morgan fingerprint density at radius 1 is 1.26 bits per heavy atom. The highest BCUT2D eigenvalue weighted by Crippen LogP contribution is 2.56. The highest BCUT2D eigenvalue weighted by Gasteiger charge is 2.55. The number of aryl methyl sites for hydroxylation is 1. The summed E-state index contributed by atoms with van der Waals surface area (Å²) in [5, 5.41) is 0. The van der Waals surface area contributed by atoms with Crippen molar-refractivity contribution in [1.82, 2.24) is 0 Å². The van der Waals surface area contributed by atoms with Crippen molar-refractivity contribution in [1.29, 1.82) is 0 Å². The fourth-order valence-electron chi connectivity index (χ4n) is 3.56. The number of hydrogen-bond acceptors (Lipinski definition) is 1. The molecule has 0 saturated heterocycles. The molecule has 1 aromatic carbocycles. The van der Waals surface area contributed by atoms with E-state index >= 15 is 0 Å². The van der Waals surface area contributed by atoms with Gasteiger partial charge in [0.25, 0.3) is 0 Å². The third-order valence-corrected chi connectivity index (χ3v) is 6.11. The van der Waals surface area contributed by atoms with Crippen LogP contribution >= 0.6 is 15.9 Å². The maximum Gasteiger partial charge on any atom is 0.165 e. The zero-order valence-corrected chi connectivity index (χ0v) is 12.9. The van der Waals surface area contributed by atoms with Crippen molar-refractivity contribution in [2.75, 3.05) is 0 Å². The van der Waals surface area contributed by atoms with Gasteiger partial charge in [-0.05, 0) is 43.9 Å². The zero-order chi connectivity index (χ0) is 13.5. The van der Waals surface area contributed by atoms with Gasteiger partial charge in [-0.2, -0.15) is 0 Å². The van der Waals surface area contributed by atoms with Crippen LogP contribution in [0.5, 0.6) is 5.75 Å². The van der Waals surface area contributed by atoms with Gasteiger partial charge in [-0.15, -0.1) is 0 Å². The number of alkyl halides is 1. The molecule has 3 rings (SSSR count). The van der Waals surface area contributed by atoms with Crippen LogP contribution in [0.1, 0.15) is 44.1 Å². The van der Waals surface area contributed by atoms with Crippen LogP contribution in [0.15, 0.2) is 18.2 Å². The molecular formula is C16H20BrFO. The van der Waals surface area contributed by atoms with Crippen LogP contribution in [0.4, 0.5) is 4.39 Å². The predicted octanol–water partition coefficient (Wildman–Crippen LogP) is 5.00. The Labute approximate surface area is 122 Å². The van der Waals surface area contributed by atoms with Gasteiger partial charge in [0.15, 0.2) is 11.6 Å². The van der Waals surface area contributed by atoms with Crippen LogP contribution < -0.4 is 4.74 Å². The molecule has 104 valence electrons. The van der Waals surface area contributed by atoms with Gasteiger partial charge in [-0.1, -0.05) is 41.3 Å². The number of halogens is 2. The van der Waals surface area contributed by atoms with Gasteiger partial charge in [0.1, 0.15) is 6.10 Å². The Bertz CT molecular complexity index is 468. The maximum atomic E-state index is 13.8. The monoisotopic (exact) mass is 326 g/mol. The van der Waals surface area contributed by atoms with Crippen molar-refractivity contribution < 1.29 is 9.13 Å². The van der Waals surface area contributed by atoms with Crippen LogP contribution in [0.25, 0.3) is 0 Å². The number of hydrogen-bond donors (Lipinski definition) is 0. The minimum absolute atomic E-state index is 0.175. The predicted molar refractivity (Wildman–Crippen MR) is 78.4 cm³/mol. The van der Waals surface area contributed by atoms with Crippen molar-refractivity contribution in [3.8, 4) is 5.75 Å². The highest BCUT2D eigenvalue weighted by atomic mass is 79.9. The first-order valence-electron chi connectivity index (χ1n) is 7.19. The fourth-order valence-corrected chi connectivity index (χ4v) is 4.66. The lowest BCUT2D eigenvalue weighted by Crippen LogP contribution is -2.57. The molecule has 0 aliphatic heterocycles. The molecule has 2 fully saturated rings. The van der Waals surface area contributed by atoms with Crippen LogP contribution in [-0.4, -0.2) is 10.9 Å². The highest BCUT2D eigenvalue weighted by molar-refractivity contribution is 9.09. The van der Waals surface area contributed by atoms with E-state index in [1.807, 2.05) is 13.0 Å². The van der Waals surface area contributed by atoms with Crippen LogP contribution in [0, 0.1) is 18.2 Å². The topological polar surface area (TPSA) is 9.23 Å². The van der Waals surface area contributed by atoms with E-state index in [4.69, 9.17) is 4.74 Å². The van der Waals surface area contributed by atoms with Crippen molar-refractivity contribution in [3.05, 3.63) is 29.6 Å². The summed E-state index contributed by atoms with van der Waals surface area (Å²) in [4.78, 5) is 0.540. The second kappa shape index (κ2) is 5.08. The molecule has 0 N–H and O–H groups in total. The van der Waals surface area contributed by atoms with E-state index in [0.29, 0.717) is 10.6 Å². The van der Waals surface area contributed by atoms with Gasteiger partial charge in [0, 0.05) is 10.2 Å². The molecular weight excluding hydrogens is 307 g/mol. The van der Waals surface area contributed by atoms with Gasteiger partial charge in [0.2, 0.25) is 0 Å². The molecule has 2 aliphatic rings. The molecule has 1 spiro atoms. The largest absolute Gasteiger partial charge is 0.487 e. The van der Waals surface area contributed by atoms with Gasteiger partial charge >= 0.3 is 0 Å². The third-order valence-electron chi connectivity index (χ3n) is 4.83. The Kier molecular flexibility index (Phi) is 3.59. The van der Waals surface area contributed by atoms with E-state index in [2.05, 4.69) is 15.9 Å². The SMILES string of the molecule is Cc1ccc(F)c(OC2CC(Br)C23CCCCC3)c1. The van der Waals surface area contributed by atoms with Gasteiger partial charge in [-0.25, -0.2) is 4.39 Å². The number of benzene rings is 1. The Balaban J connectivity index is 1.78. The summed E-state index contributed by atoms with van der Waals surface area (Å²) in [6.45, 7) is 1.97. The lowest BCUT2D eigenvalue weighted by Gasteiger charge is -2.55. The van der Waals surface area contributed by atoms with Crippen molar-refractivity contribution >= 4 is 15.9 Å². The van der Waals surface area contributed by atoms with Gasteiger partial charge in [0.05, 0.1) is 0 Å². The molecule has 1 aromatic rings. The van der Waals surface area contributed by atoms with E-state index in [1.54, 1.807) is 6.07 Å². The smallest absolute Gasteiger partial charge is 0.165 e. The standard InChI is InChI=1S/C16H20BrFO/c1-11-5-6-12(18)13(9-11)19-15-10-14(17)16(15)7-3-2-4-8-16/h5-6,9,14-15H,2-4,7-8,10H2,1H3. The zero-order valence-electron chi connectivity index (χ0n) is 11.3. The quantitative estimate of drug-likeness (QED) is 0.695. The summed E-state index contributed by atoms with van der Waals surface area (Å²) in [6, 6.07) is 5.10. The molecule has 0 bridgehead atoms. The Morgan fingerprint density at radius 2 is 2.00 bits per heavy atom. The summed E-state index contributed by atoms with van der Waals surface area (Å²) in [6.07, 6.45) is 7.47. The first kappa shape index (κ1) is 13.4. The van der Waals surface area contributed by atoms with Gasteiger partial charge in [-0.3, -0.25) is 0 Å². The third kappa shape index (κ3) is 2.31. The molecule has 19 heavy (non-hydrogen) atoms. The van der Waals surface area contributed by atoms with E-state index in [-0.39, 0.29) is 17.3 Å². The lowest BCUT2D eigenvalue weighted by molar-refractivity contribution is -0.0617. The number of ether oxygens (including phenoxy) is 1. The maximum absolute atomic E-state index is 13.8. The second-order valence-electron chi connectivity index (χ2n) is 6.04. The normalized spacial score (nSPS) is 29.0. The molecule has 0 radical (unpaired) electrons. The van der Waals surface area contributed by atoms with Crippen molar-refractivity contribution in [2.24, 2.45) is 5.41 Å². The molecule has 0 amide bonds. The van der Waals surface area contributed by atoms with Crippen molar-refractivity contribution in [3.63, 3.8) is 0 Å². The fraction of sp³-hybridized carbons (Fsp3) is 0.625. The minimum atomic E-state index is -0.241. The van der Waals surface area contributed by atoms with E-state index in [9.17, 15) is 4.39 Å². The van der Waals surface area contributed by atoms with E-state index in [1.165, 1.54) is 38.2 Å². The summed E-state index contributed by atoms with van der Waals surface area (Å²) < 4.78 is 19.8. The summed E-state index contributed by atoms with van der Waals surface area (Å²) >= 11 is 3.79. The minimum Gasteiger partial charge on any atom is -0.487 e. The molecule has 2 unspecified atom stereocenters. The molecule has 3 heteroatoms. The Hall–Kier alpha value is -0.570. The van der Waals surface area contributed by atoms with Crippen molar-refractivity contribution in [2.45, 2.75) is 56.4 Å². The van der Waals surface area contributed by atoms with Crippen LogP contribution in [0.3, 0.4) is 0 Å². The molecule has 2 atom stereocenters. The summed E-state index contributed by atoms with van der Waals surface area (Å²) in [7, 11) is 0. The number of rotatable bonds is 2. The van der Waals surface area contributed by atoms with Crippen LogP contribution in [0.2, 0.25) is 0 Å². The molecule has 2 aliphatic carbocycles. The van der Waals surface area contributed by atoms with E-state index < -0.39 is 0 Å². The molecule has 1 nitrogen and oxygen atoms in total. The summed E-state index contributed by atoms with van der Waals surface area (Å²) in [5.41, 5.74) is 1.29. The Morgan fingerprint density at radius 3 is 2.68 bits per heavy atom. The second-order valence-corrected chi connectivity index (χ2v) is 7.14. The first-order chi connectivity index (χ1) is 9.12. The molecule has 0 heterocycles.